The van der Waals surface area contributed by atoms with Crippen LogP contribution in [-0.4, -0.2) is 31.1 Å². The summed E-state index contributed by atoms with van der Waals surface area (Å²) < 4.78 is 54.9. The number of carbonyl (C=O) groups is 1. The Morgan fingerprint density at radius 3 is 2.84 bits per heavy atom. The van der Waals surface area contributed by atoms with E-state index >= 15 is 0 Å². The van der Waals surface area contributed by atoms with Crippen molar-refractivity contribution in [3.63, 3.8) is 0 Å². The van der Waals surface area contributed by atoms with Crippen LogP contribution in [-0.2, 0) is 19.0 Å². The van der Waals surface area contributed by atoms with Crippen LogP contribution in [0.3, 0.4) is 0 Å². The van der Waals surface area contributed by atoms with Gasteiger partial charge in [0.1, 0.15) is 6.10 Å². The predicted octanol–water partition coefficient (Wildman–Crippen LogP) is 3.88. The summed E-state index contributed by atoms with van der Waals surface area (Å²) in [6, 6.07) is 0. The van der Waals surface area contributed by atoms with Crippen molar-refractivity contribution in [1.82, 2.24) is 0 Å². The Labute approximate surface area is 142 Å². The lowest BCUT2D eigenvalue weighted by atomic mass is 9.86. The molecule has 1 aliphatic heterocycles. The molecule has 0 aromatic heterocycles. The maximum atomic E-state index is 13.1. The Kier molecular flexibility index (Phi) is 4.85. The minimum absolute atomic E-state index is 0.112. The molecule has 2 unspecified atom stereocenters. The molecule has 3 rings (SSSR count). The summed E-state index contributed by atoms with van der Waals surface area (Å²) in [7, 11) is 0. The number of ether oxygens (including phenoxy) is 3. The van der Waals surface area contributed by atoms with Crippen LogP contribution in [0.5, 0.6) is 0 Å². The van der Waals surface area contributed by atoms with Gasteiger partial charge in [-0.1, -0.05) is 18.2 Å². The minimum atomic E-state index is -4.50. The average molecular weight is 354 g/mol. The van der Waals surface area contributed by atoms with Crippen LogP contribution in [0.1, 0.15) is 19.8 Å². The van der Waals surface area contributed by atoms with Crippen LogP contribution in [0.2, 0.25) is 0 Å². The van der Waals surface area contributed by atoms with E-state index in [9.17, 15) is 18.0 Å². The number of rotatable bonds is 2. The van der Waals surface area contributed by atoms with Crippen molar-refractivity contribution in [3.8, 4) is 0 Å². The van der Waals surface area contributed by atoms with Crippen LogP contribution in [0.25, 0.3) is 0 Å². The quantitative estimate of drug-likeness (QED) is 0.706. The van der Waals surface area contributed by atoms with Crippen LogP contribution in [0.15, 0.2) is 58.9 Å². The molecular weight excluding hydrogens is 337 g/mol. The highest BCUT2D eigenvalue weighted by Gasteiger charge is 2.38. The first kappa shape index (κ1) is 17.5. The first-order valence-electron chi connectivity index (χ1n) is 7.95. The third-order valence-corrected chi connectivity index (χ3v) is 4.03. The van der Waals surface area contributed by atoms with E-state index in [0.717, 1.165) is 29.7 Å². The molecule has 2 aliphatic carbocycles. The SMILES string of the molecule is CCOC(=O)C1OC=C2C=CCC/C2=C2\C=CC(C(F)(F)F)=CC2O1. The second kappa shape index (κ2) is 6.92. The third-order valence-electron chi connectivity index (χ3n) is 4.03. The molecular formula is C18H17F3O4. The van der Waals surface area contributed by atoms with Gasteiger partial charge in [-0.15, -0.1) is 0 Å². The fourth-order valence-corrected chi connectivity index (χ4v) is 2.88. The molecule has 0 aromatic carbocycles. The number of alkyl halides is 3. The number of fused-ring (bicyclic) bond motifs is 2. The molecule has 25 heavy (non-hydrogen) atoms. The zero-order chi connectivity index (χ0) is 18.0. The predicted molar refractivity (Wildman–Crippen MR) is 83.1 cm³/mol. The van der Waals surface area contributed by atoms with Gasteiger partial charge in [0, 0.05) is 5.57 Å². The fraction of sp³-hybridized carbons (Fsp3) is 0.389. The van der Waals surface area contributed by atoms with E-state index in [1.807, 2.05) is 12.2 Å². The smallest absolute Gasteiger partial charge is 0.416 e. The molecule has 0 radical (unpaired) electrons. The van der Waals surface area contributed by atoms with E-state index in [0.29, 0.717) is 12.0 Å². The minimum Gasteiger partial charge on any atom is -0.461 e. The average Bonchev–Trinajstić information content (AvgIpc) is 2.56. The topological polar surface area (TPSA) is 44.8 Å². The first-order chi connectivity index (χ1) is 11.9. The van der Waals surface area contributed by atoms with Gasteiger partial charge >= 0.3 is 12.1 Å². The van der Waals surface area contributed by atoms with Crippen molar-refractivity contribution in [2.45, 2.75) is 38.3 Å². The third kappa shape index (κ3) is 3.71. The van der Waals surface area contributed by atoms with Crippen LogP contribution in [0.4, 0.5) is 13.2 Å². The zero-order valence-electron chi connectivity index (χ0n) is 13.5. The van der Waals surface area contributed by atoms with Gasteiger partial charge in [0.2, 0.25) is 0 Å². The molecule has 0 aromatic rings. The van der Waals surface area contributed by atoms with Gasteiger partial charge in [-0.05, 0) is 43.1 Å². The van der Waals surface area contributed by atoms with Gasteiger partial charge in [0.15, 0.2) is 0 Å². The highest BCUT2D eigenvalue weighted by atomic mass is 19.4. The van der Waals surface area contributed by atoms with Gasteiger partial charge in [-0.3, -0.25) is 0 Å². The van der Waals surface area contributed by atoms with Gasteiger partial charge in [-0.25, -0.2) is 4.79 Å². The lowest BCUT2D eigenvalue weighted by Gasteiger charge is -2.30. The molecule has 2 atom stereocenters. The summed E-state index contributed by atoms with van der Waals surface area (Å²) in [5, 5.41) is 0. The Bertz CT molecular complexity index is 710. The molecule has 0 amide bonds. The second-order valence-corrected chi connectivity index (χ2v) is 5.68. The summed E-state index contributed by atoms with van der Waals surface area (Å²) >= 11 is 0. The van der Waals surface area contributed by atoms with E-state index in [1.54, 1.807) is 6.92 Å². The summed E-state index contributed by atoms with van der Waals surface area (Å²) in [5.74, 6) is -0.779. The Balaban J connectivity index is 2.02. The van der Waals surface area contributed by atoms with Crippen molar-refractivity contribution in [2.75, 3.05) is 6.61 Å². The largest absolute Gasteiger partial charge is 0.461 e. The van der Waals surface area contributed by atoms with Gasteiger partial charge in [0.25, 0.3) is 6.29 Å². The van der Waals surface area contributed by atoms with Crippen molar-refractivity contribution >= 4 is 5.97 Å². The Hall–Kier alpha value is -2.28. The normalized spacial score (nSPS) is 28.6. The molecule has 134 valence electrons. The maximum absolute atomic E-state index is 13.1. The van der Waals surface area contributed by atoms with E-state index in [-0.39, 0.29) is 6.61 Å². The molecule has 4 nitrogen and oxygen atoms in total. The molecule has 0 saturated carbocycles. The van der Waals surface area contributed by atoms with E-state index in [2.05, 4.69) is 0 Å². The Morgan fingerprint density at radius 1 is 1.32 bits per heavy atom. The van der Waals surface area contributed by atoms with Gasteiger partial charge in [-0.2, -0.15) is 13.2 Å². The van der Waals surface area contributed by atoms with Crippen LogP contribution in [0, 0.1) is 0 Å². The van der Waals surface area contributed by atoms with E-state index < -0.39 is 30.1 Å². The first-order valence-corrected chi connectivity index (χ1v) is 7.95. The second-order valence-electron chi connectivity index (χ2n) is 5.68. The monoisotopic (exact) mass is 354 g/mol. The zero-order valence-corrected chi connectivity index (χ0v) is 13.5. The Morgan fingerprint density at radius 2 is 2.12 bits per heavy atom. The summed E-state index contributed by atoms with van der Waals surface area (Å²) in [6.45, 7) is 1.73. The number of esters is 1. The molecule has 1 heterocycles. The summed E-state index contributed by atoms with van der Waals surface area (Å²) in [5.41, 5.74) is 1.35. The number of hydrogen-bond donors (Lipinski definition) is 0. The van der Waals surface area contributed by atoms with Crippen molar-refractivity contribution in [2.24, 2.45) is 0 Å². The number of carbonyl (C=O) groups excluding carboxylic acids is 1. The lowest BCUT2D eigenvalue weighted by Crippen LogP contribution is -2.35. The standard InChI is InChI=1S/C18H17F3O4/c1-2-23-16(22)17-24-10-11-5-3-4-6-13(11)14-8-7-12(18(19,20)21)9-15(14)25-17/h3,5,7-10,15,17H,2,4,6H2,1H3/b11-10?,14-13-. The van der Waals surface area contributed by atoms with Crippen molar-refractivity contribution < 1.29 is 32.2 Å². The highest BCUT2D eigenvalue weighted by Crippen LogP contribution is 2.37. The fourth-order valence-electron chi connectivity index (χ4n) is 2.88. The van der Waals surface area contributed by atoms with Gasteiger partial charge < -0.3 is 14.2 Å². The molecule has 0 spiro atoms. The molecule has 3 aliphatic rings. The molecule has 0 bridgehead atoms. The molecule has 7 heteroatoms. The number of halogens is 3. The summed E-state index contributed by atoms with van der Waals surface area (Å²) in [6.07, 6.45) is 3.03. The van der Waals surface area contributed by atoms with E-state index in [4.69, 9.17) is 14.2 Å². The van der Waals surface area contributed by atoms with Crippen molar-refractivity contribution in [1.29, 1.82) is 0 Å². The lowest BCUT2D eigenvalue weighted by molar-refractivity contribution is -0.187. The van der Waals surface area contributed by atoms with Crippen molar-refractivity contribution in [3.05, 3.63) is 58.9 Å². The van der Waals surface area contributed by atoms with Crippen LogP contribution >= 0.6 is 0 Å². The highest BCUT2D eigenvalue weighted by molar-refractivity contribution is 5.73. The summed E-state index contributed by atoms with van der Waals surface area (Å²) in [4.78, 5) is 12.0. The number of allylic oxidation sites excluding steroid dienone is 6. The van der Waals surface area contributed by atoms with Gasteiger partial charge in [0.05, 0.1) is 18.4 Å². The molecule has 0 fully saturated rings. The molecule has 0 N–H and O–H groups in total. The maximum Gasteiger partial charge on any atom is 0.416 e. The van der Waals surface area contributed by atoms with Crippen LogP contribution < -0.4 is 0 Å². The van der Waals surface area contributed by atoms with E-state index in [1.165, 1.54) is 12.3 Å². The number of hydrogen-bond acceptors (Lipinski definition) is 4. The molecule has 0 saturated heterocycles.